The molecule has 3 rings (SSSR count). The number of carbonyl (C=O) groups is 1. The highest BCUT2D eigenvalue weighted by molar-refractivity contribution is 9.10. The number of fused-ring (bicyclic) bond motifs is 1. The van der Waals surface area contributed by atoms with Crippen molar-refractivity contribution in [1.82, 2.24) is 4.57 Å². The minimum atomic E-state index is -0.960. The molecule has 0 radical (unpaired) electrons. The van der Waals surface area contributed by atoms with Crippen LogP contribution in [0, 0.1) is 5.82 Å². The summed E-state index contributed by atoms with van der Waals surface area (Å²) in [5.41, 5.74) is 1.81. The Balaban J connectivity index is 2.11. The van der Waals surface area contributed by atoms with Crippen LogP contribution in [-0.2, 0) is 6.54 Å². The van der Waals surface area contributed by atoms with Crippen molar-refractivity contribution in [2.75, 3.05) is 0 Å². The molecule has 0 spiro atoms. The Morgan fingerprint density at radius 1 is 1.24 bits per heavy atom. The van der Waals surface area contributed by atoms with Crippen LogP contribution in [0.3, 0.4) is 0 Å². The highest BCUT2D eigenvalue weighted by atomic mass is 79.9. The predicted octanol–water partition coefficient (Wildman–Crippen LogP) is 4.29. The lowest BCUT2D eigenvalue weighted by molar-refractivity contribution is 0.0698. The maximum atomic E-state index is 13.1. The lowest BCUT2D eigenvalue weighted by Crippen LogP contribution is -2.04. The van der Waals surface area contributed by atoms with Gasteiger partial charge in [0.05, 0.1) is 11.1 Å². The second-order valence-electron chi connectivity index (χ2n) is 4.73. The number of aromatic carboxylic acids is 1. The van der Waals surface area contributed by atoms with Gasteiger partial charge in [-0.25, -0.2) is 9.18 Å². The molecule has 0 amide bonds. The summed E-state index contributed by atoms with van der Waals surface area (Å²) in [6, 6.07) is 11.5. The second-order valence-corrected chi connectivity index (χ2v) is 5.58. The number of nitrogens with zero attached hydrogens (tertiary/aromatic N) is 1. The van der Waals surface area contributed by atoms with Crippen LogP contribution in [0.15, 0.2) is 53.1 Å². The van der Waals surface area contributed by atoms with Crippen molar-refractivity contribution < 1.29 is 14.3 Å². The topological polar surface area (TPSA) is 42.2 Å². The summed E-state index contributed by atoms with van der Waals surface area (Å²) in [7, 11) is 0. The van der Waals surface area contributed by atoms with E-state index in [9.17, 15) is 14.3 Å². The zero-order chi connectivity index (χ0) is 15.0. The van der Waals surface area contributed by atoms with Crippen molar-refractivity contribution in [1.29, 1.82) is 0 Å². The summed E-state index contributed by atoms with van der Waals surface area (Å²) in [5, 5.41) is 10.2. The summed E-state index contributed by atoms with van der Waals surface area (Å²) in [5.74, 6) is -1.27. The SMILES string of the molecule is O=C(O)c1cccc2ccn(Cc3ccc(F)cc3Br)c12. The van der Waals surface area contributed by atoms with E-state index in [1.54, 1.807) is 18.2 Å². The highest BCUT2D eigenvalue weighted by Gasteiger charge is 2.13. The number of carboxylic acids is 1. The summed E-state index contributed by atoms with van der Waals surface area (Å²) in [6.07, 6.45) is 1.84. The number of aromatic nitrogens is 1. The van der Waals surface area contributed by atoms with Crippen molar-refractivity contribution in [3.05, 3.63) is 70.1 Å². The lowest BCUT2D eigenvalue weighted by Gasteiger charge is -2.09. The van der Waals surface area contributed by atoms with Gasteiger partial charge in [0.1, 0.15) is 5.82 Å². The zero-order valence-corrected chi connectivity index (χ0v) is 12.5. The van der Waals surface area contributed by atoms with Crippen molar-refractivity contribution in [3.8, 4) is 0 Å². The fourth-order valence-electron chi connectivity index (χ4n) is 2.40. The molecule has 0 aliphatic carbocycles. The Labute approximate surface area is 128 Å². The van der Waals surface area contributed by atoms with Gasteiger partial charge in [-0.05, 0) is 29.8 Å². The minimum absolute atomic E-state index is 0.260. The molecular formula is C16H11BrFNO2. The van der Waals surface area contributed by atoms with Crippen molar-refractivity contribution in [3.63, 3.8) is 0 Å². The van der Waals surface area contributed by atoms with Gasteiger partial charge in [0, 0.05) is 22.6 Å². The van der Waals surface area contributed by atoms with E-state index in [0.29, 0.717) is 16.5 Å². The van der Waals surface area contributed by atoms with Crippen LogP contribution in [0.25, 0.3) is 10.9 Å². The molecule has 1 aromatic heterocycles. The fourth-order valence-corrected chi connectivity index (χ4v) is 2.88. The van der Waals surface area contributed by atoms with Crippen LogP contribution >= 0.6 is 15.9 Å². The average molecular weight is 348 g/mol. The van der Waals surface area contributed by atoms with Crippen LogP contribution in [0.2, 0.25) is 0 Å². The first kappa shape index (κ1) is 13.8. The van der Waals surface area contributed by atoms with Gasteiger partial charge in [-0.15, -0.1) is 0 Å². The summed E-state index contributed by atoms with van der Waals surface area (Å²) < 4.78 is 15.7. The van der Waals surface area contributed by atoms with Gasteiger partial charge in [-0.3, -0.25) is 0 Å². The van der Waals surface area contributed by atoms with Gasteiger partial charge >= 0.3 is 5.97 Å². The van der Waals surface area contributed by atoms with Gasteiger partial charge in [-0.2, -0.15) is 0 Å². The summed E-state index contributed by atoms with van der Waals surface area (Å²) in [6.45, 7) is 0.467. The molecule has 0 bridgehead atoms. The van der Waals surface area contributed by atoms with Crippen LogP contribution in [0.4, 0.5) is 4.39 Å². The van der Waals surface area contributed by atoms with Crippen molar-refractivity contribution in [2.45, 2.75) is 6.54 Å². The third-order valence-corrected chi connectivity index (χ3v) is 4.11. The van der Waals surface area contributed by atoms with Gasteiger partial charge in [0.15, 0.2) is 0 Å². The Kier molecular flexibility index (Phi) is 3.51. The maximum absolute atomic E-state index is 13.1. The third-order valence-electron chi connectivity index (χ3n) is 3.37. The molecule has 5 heteroatoms. The van der Waals surface area contributed by atoms with E-state index in [-0.39, 0.29) is 11.4 Å². The largest absolute Gasteiger partial charge is 0.478 e. The first-order valence-corrected chi connectivity index (χ1v) is 7.10. The second kappa shape index (κ2) is 5.33. The molecule has 0 aliphatic rings. The normalized spacial score (nSPS) is 11.0. The molecular weight excluding hydrogens is 337 g/mol. The first-order valence-electron chi connectivity index (χ1n) is 6.31. The standard InChI is InChI=1S/C16H11BrFNO2/c17-14-8-12(18)5-4-11(14)9-19-7-6-10-2-1-3-13(15(10)19)16(20)21/h1-8H,9H2,(H,20,21). The first-order chi connectivity index (χ1) is 10.1. The van der Waals surface area contributed by atoms with E-state index >= 15 is 0 Å². The summed E-state index contributed by atoms with van der Waals surface area (Å²) in [4.78, 5) is 11.4. The quantitative estimate of drug-likeness (QED) is 0.767. The third kappa shape index (κ3) is 2.56. The Morgan fingerprint density at radius 3 is 2.76 bits per heavy atom. The predicted molar refractivity (Wildman–Crippen MR) is 82.1 cm³/mol. The van der Waals surface area contributed by atoms with Crippen LogP contribution < -0.4 is 0 Å². The Morgan fingerprint density at radius 2 is 2.05 bits per heavy atom. The molecule has 1 heterocycles. The van der Waals surface area contributed by atoms with Gasteiger partial charge in [0.25, 0.3) is 0 Å². The van der Waals surface area contributed by atoms with Gasteiger partial charge < -0.3 is 9.67 Å². The molecule has 0 atom stereocenters. The number of halogens is 2. The molecule has 0 saturated carbocycles. The molecule has 3 nitrogen and oxygen atoms in total. The Hall–Kier alpha value is -2.14. The summed E-state index contributed by atoms with van der Waals surface area (Å²) >= 11 is 3.33. The number of benzene rings is 2. The van der Waals surface area contributed by atoms with E-state index in [1.807, 2.05) is 22.9 Å². The van der Waals surface area contributed by atoms with E-state index in [4.69, 9.17) is 0 Å². The molecule has 21 heavy (non-hydrogen) atoms. The van der Waals surface area contributed by atoms with E-state index in [0.717, 1.165) is 10.9 Å². The molecule has 3 aromatic rings. The zero-order valence-electron chi connectivity index (χ0n) is 10.9. The molecule has 2 aromatic carbocycles. The lowest BCUT2D eigenvalue weighted by atomic mass is 10.1. The number of para-hydroxylation sites is 1. The van der Waals surface area contributed by atoms with Crippen LogP contribution in [0.1, 0.15) is 15.9 Å². The average Bonchev–Trinajstić information content (AvgIpc) is 2.85. The Bertz CT molecular complexity index is 841. The van der Waals surface area contributed by atoms with Crippen LogP contribution in [-0.4, -0.2) is 15.6 Å². The fraction of sp³-hybridized carbons (Fsp3) is 0.0625. The van der Waals surface area contributed by atoms with E-state index in [2.05, 4.69) is 15.9 Å². The number of rotatable bonds is 3. The van der Waals surface area contributed by atoms with Crippen molar-refractivity contribution in [2.24, 2.45) is 0 Å². The van der Waals surface area contributed by atoms with Crippen molar-refractivity contribution >= 4 is 32.8 Å². The monoisotopic (exact) mass is 347 g/mol. The van der Waals surface area contributed by atoms with Gasteiger partial charge in [-0.1, -0.05) is 34.1 Å². The van der Waals surface area contributed by atoms with Gasteiger partial charge in [0.2, 0.25) is 0 Å². The molecule has 0 fully saturated rings. The smallest absolute Gasteiger partial charge is 0.337 e. The molecule has 0 aliphatic heterocycles. The minimum Gasteiger partial charge on any atom is -0.478 e. The number of hydrogen-bond donors (Lipinski definition) is 1. The maximum Gasteiger partial charge on any atom is 0.337 e. The molecule has 1 N–H and O–H groups in total. The van der Waals surface area contributed by atoms with E-state index in [1.165, 1.54) is 12.1 Å². The molecule has 0 unspecified atom stereocenters. The van der Waals surface area contributed by atoms with E-state index < -0.39 is 5.97 Å². The number of hydrogen-bond acceptors (Lipinski definition) is 1. The number of carboxylic acid groups (broad SMARTS) is 1. The molecule has 106 valence electrons. The van der Waals surface area contributed by atoms with Crippen LogP contribution in [0.5, 0.6) is 0 Å². The highest BCUT2D eigenvalue weighted by Crippen LogP contribution is 2.24. The molecule has 0 saturated heterocycles.